The maximum absolute atomic E-state index is 12.3. The van der Waals surface area contributed by atoms with Crippen LogP contribution in [0.15, 0.2) is 22.8 Å². The average molecular weight is 324 g/mol. The summed E-state index contributed by atoms with van der Waals surface area (Å²) in [6.07, 6.45) is 1.26. The van der Waals surface area contributed by atoms with Gasteiger partial charge in [-0.2, -0.15) is 0 Å². The predicted molar refractivity (Wildman–Crippen MR) is 75.0 cm³/mol. The van der Waals surface area contributed by atoms with E-state index in [9.17, 15) is 14.3 Å². The second kappa shape index (κ2) is 7.69. The van der Waals surface area contributed by atoms with Crippen LogP contribution in [-0.4, -0.2) is 19.0 Å². The number of phosphoric acid groups is 1. The minimum Gasteiger partial charge on any atom is -0.756 e. The molecule has 0 aromatic rings. The standard InChI is InChI=1S/C14H23O5P.Na/c1-9(2)7-11-10(3)13(15)12(8-14(11,4)5)19-20(16,17)18-6;/h7,12H,8H2,1-6H3,(H,16,17);/q;+1/p-1. The first-order valence-corrected chi connectivity index (χ1v) is 7.92. The van der Waals surface area contributed by atoms with Crippen LogP contribution in [0.25, 0.3) is 0 Å². The molecule has 1 aliphatic rings. The van der Waals surface area contributed by atoms with Crippen molar-refractivity contribution in [1.29, 1.82) is 0 Å². The normalized spacial score (nSPS) is 24.1. The van der Waals surface area contributed by atoms with Crippen molar-refractivity contribution in [2.45, 2.75) is 47.1 Å². The van der Waals surface area contributed by atoms with Crippen molar-refractivity contribution >= 4 is 13.6 Å². The Hall–Kier alpha value is 0.260. The van der Waals surface area contributed by atoms with Gasteiger partial charge in [-0.15, -0.1) is 0 Å². The molecule has 21 heavy (non-hydrogen) atoms. The number of hydrogen-bond acceptors (Lipinski definition) is 5. The zero-order valence-corrected chi connectivity index (χ0v) is 16.7. The monoisotopic (exact) mass is 324 g/mol. The summed E-state index contributed by atoms with van der Waals surface area (Å²) in [5, 5.41) is 0. The number of allylic oxidation sites excluding steroid dienone is 3. The number of phosphoric ester groups is 1. The van der Waals surface area contributed by atoms with Gasteiger partial charge >= 0.3 is 29.6 Å². The molecule has 0 aromatic carbocycles. The van der Waals surface area contributed by atoms with Gasteiger partial charge in [0, 0.05) is 7.11 Å². The molecule has 0 spiro atoms. The maximum Gasteiger partial charge on any atom is 1.00 e. The number of Topliss-reactive ketones (excluding diaryl/α,β-unsaturated/α-hetero) is 1. The number of carbonyl (C=O) groups is 1. The smallest absolute Gasteiger partial charge is 0.756 e. The topological polar surface area (TPSA) is 75.7 Å². The molecule has 0 aliphatic heterocycles. The van der Waals surface area contributed by atoms with Gasteiger partial charge in [-0.3, -0.25) is 9.36 Å². The Balaban J connectivity index is 0.00000400. The van der Waals surface area contributed by atoms with Gasteiger partial charge in [0.05, 0.1) is 0 Å². The summed E-state index contributed by atoms with van der Waals surface area (Å²) >= 11 is 0. The molecule has 0 radical (unpaired) electrons. The molecule has 0 amide bonds. The Morgan fingerprint density at radius 3 is 2.38 bits per heavy atom. The van der Waals surface area contributed by atoms with E-state index in [1.54, 1.807) is 6.92 Å². The summed E-state index contributed by atoms with van der Waals surface area (Å²) in [6.45, 7) is 9.56. The number of rotatable bonds is 4. The molecule has 0 aromatic heterocycles. The van der Waals surface area contributed by atoms with E-state index in [0.29, 0.717) is 12.0 Å². The molecule has 1 aliphatic carbocycles. The molecule has 0 heterocycles. The van der Waals surface area contributed by atoms with Crippen molar-refractivity contribution in [3.8, 4) is 0 Å². The van der Waals surface area contributed by atoms with E-state index < -0.39 is 13.9 Å². The Kier molecular flexibility index (Phi) is 7.79. The zero-order valence-electron chi connectivity index (χ0n) is 13.9. The minimum absolute atomic E-state index is 0. The van der Waals surface area contributed by atoms with Crippen LogP contribution in [0.4, 0.5) is 0 Å². The molecular formula is C14H22NaO5P. The van der Waals surface area contributed by atoms with Gasteiger partial charge in [0.1, 0.15) is 6.10 Å². The van der Waals surface area contributed by atoms with Crippen molar-refractivity contribution in [2.75, 3.05) is 7.11 Å². The predicted octanol–water partition coefficient (Wildman–Crippen LogP) is -0.228. The van der Waals surface area contributed by atoms with Gasteiger partial charge in [0.25, 0.3) is 7.82 Å². The first-order valence-electron chi connectivity index (χ1n) is 6.46. The molecule has 7 heteroatoms. The molecule has 0 saturated carbocycles. The Morgan fingerprint density at radius 1 is 1.43 bits per heavy atom. The average Bonchev–Trinajstić information content (AvgIpc) is 2.31. The molecule has 2 unspecified atom stereocenters. The Bertz CT molecular complexity index is 517. The second-order valence-corrected chi connectivity index (χ2v) is 7.41. The third-order valence-corrected chi connectivity index (χ3v) is 4.36. The van der Waals surface area contributed by atoms with Crippen LogP contribution in [0.3, 0.4) is 0 Å². The fraction of sp³-hybridized carbons (Fsp3) is 0.643. The van der Waals surface area contributed by atoms with Gasteiger partial charge in [0.2, 0.25) is 0 Å². The van der Waals surface area contributed by atoms with Gasteiger partial charge in [-0.1, -0.05) is 25.5 Å². The molecule has 1 rings (SSSR count). The van der Waals surface area contributed by atoms with E-state index >= 15 is 0 Å². The molecule has 0 saturated heterocycles. The van der Waals surface area contributed by atoms with Gasteiger partial charge < -0.3 is 13.9 Å². The van der Waals surface area contributed by atoms with Crippen molar-refractivity contribution < 1.29 is 52.9 Å². The van der Waals surface area contributed by atoms with Crippen molar-refractivity contribution in [1.82, 2.24) is 0 Å². The summed E-state index contributed by atoms with van der Waals surface area (Å²) in [5.41, 5.74) is 2.23. The van der Waals surface area contributed by atoms with Crippen molar-refractivity contribution in [3.63, 3.8) is 0 Å². The van der Waals surface area contributed by atoms with E-state index in [-0.39, 0.29) is 40.8 Å². The van der Waals surface area contributed by atoms with Crippen LogP contribution in [0.1, 0.15) is 41.0 Å². The van der Waals surface area contributed by atoms with Crippen LogP contribution >= 0.6 is 7.82 Å². The molecule has 114 valence electrons. The van der Waals surface area contributed by atoms with Gasteiger partial charge in [-0.25, -0.2) is 0 Å². The van der Waals surface area contributed by atoms with Crippen LogP contribution in [0.5, 0.6) is 0 Å². The third kappa shape index (κ3) is 5.43. The fourth-order valence-electron chi connectivity index (χ4n) is 2.42. The van der Waals surface area contributed by atoms with Crippen molar-refractivity contribution in [2.24, 2.45) is 5.41 Å². The zero-order chi connectivity index (χ0) is 15.7. The summed E-state index contributed by atoms with van der Waals surface area (Å²) in [7, 11) is -3.40. The molecule has 5 nitrogen and oxygen atoms in total. The number of ketones is 1. The number of carbonyl (C=O) groups excluding carboxylic acids is 1. The summed E-state index contributed by atoms with van der Waals surface area (Å²) in [6, 6.07) is 0. The molecule has 0 fully saturated rings. The first-order chi connectivity index (χ1) is 9.00. The minimum atomic E-state index is -4.42. The summed E-state index contributed by atoms with van der Waals surface area (Å²) < 4.78 is 20.5. The number of hydrogen-bond donors (Lipinski definition) is 0. The molecular weight excluding hydrogens is 302 g/mol. The van der Waals surface area contributed by atoms with E-state index in [1.807, 2.05) is 33.8 Å². The molecule has 0 N–H and O–H groups in total. The van der Waals surface area contributed by atoms with E-state index in [4.69, 9.17) is 4.52 Å². The van der Waals surface area contributed by atoms with E-state index in [2.05, 4.69) is 4.52 Å². The van der Waals surface area contributed by atoms with Crippen molar-refractivity contribution in [3.05, 3.63) is 22.8 Å². The SMILES string of the molecule is COP(=O)([O-])OC1CC(C)(C)C(C=C(C)C)=C(C)C1=O.[Na+]. The van der Waals surface area contributed by atoms with Gasteiger partial charge in [0.15, 0.2) is 5.78 Å². The van der Waals surface area contributed by atoms with Crippen LogP contribution < -0.4 is 34.5 Å². The van der Waals surface area contributed by atoms with E-state index in [1.165, 1.54) is 0 Å². The van der Waals surface area contributed by atoms with E-state index in [0.717, 1.165) is 18.3 Å². The fourth-order valence-corrected chi connectivity index (χ4v) is 2.99. The molecule has 2 atom stereocenters. The summed E-state index contributed by atoms with van der Waals surface area (Å²) in [5.74, 6) is -0.301. The quantitative estimate of drug-likeness (QED) is 0.527. The van der Waals surface area contributed by atoms with Gasteiger partial charge in [-0.05, 0) is 43.8 Å². The molecule has 0 bridgehead atoms. The first kappa shape index (κ1) is 21.3. The summed E-state index contributed by atoms with van der Waals surface area (Å²) in [4.78, 5) is 23.7. The maximum atomic E-state index is 12.3. The van der Waals surface area contributed by atoms with Crippen LogP contribution in [0, 0.1) is 5.41 Å². The third-order valence-electron chi connectivity index (χ3n) is 3.40. The van der Waals surface area contributed by atoms with Crippen LogP contribution in [-0.2, 0) is 18.4 Å². The van der Waals surface area contributed by atoms with Crippen LogP contribution in [0.2, 0.25) is 0 Å². The Morgan fingerprint density at radius 2 is 1.95 bits per heavy atom. The second-order valence-electron chi connectivity index (χ2n) is 5.94. The Labute approximate surface area is 148 Å². The largest absolute Gasteiger partial charge is 1.00 e.